The number of nitrogens with zero attached hydrogens (tertiary/aromatic N) is 4. The monoisotopic (exact) mass is 680 g/mol. The Hall–Kier alpha value is -5.15. The van der Waals surface area contributed by atoms with Crippen LogP contribution in [-0.2, 0) is 27.7 Å². The van der Waals surface area contributed by atoms with E-state index < -0.39 is 51.8 Å². The van der Waals surface area contributed by atoms with Crippen molar-refractivity contribution < 1.29 is 37.0 Å². The number of carbonyl (C=O) groups excluding carboxylic acids is 3. The Morgan fingerprint density at radius 3 is 2.23 bits per heavy atom. The summed E-state index contributed by atoms with van der Waals surface area (Å²) in [4.78, 5) is 39.6. The zero-order chi connectivity index (χ0) is 35.0. The van der Waals surface area contributed by atoms with Crippen molar-refractivity contribution in [2.45, 2.75) is 45.0 Å². The van der Waals surface area contributed by atoms with Crippen LogP contribution in [0.15, 0.2) is 79.0 Å². The van der Waals surface area contributed by atoms with Gasteiger partial charge in [0.15, 0.2) is 5.69 Å². The lowest BCUT2D eigenvalue weighted by Gasteiger charge is -2.25. The molecule has 15 heteroatoms. The van der Waals surface area contributed by atoms with Crippen LogP contribution in [0, 0.1) is 5.82 Å². The molecule has 0 saturated heterocycles. The quantitative estimate of drug-likeness (QED) is 0.169. The van der Waals surface area contributed by atoms with Gasteiger partial charge in [-0.05, 0) is 61.7 Å². The van der Waals surface area contributed by atoms with Gasteiger partial charge in [-0.1, -0.05) is 47.7 Å². The number of benzene rings is 3. The zero-order valence-electron chi connectivity index (χ0n) is 26.8. The normalized spacial score (nSPS) is 13.2. The van der Waals surface area contributed by atoms with Gasteiger partial charge >= 0.3 is 5.97 Å². The lowest BCUT2D eigenvalue weighted by Crippen LogP contribution is -2.47. The smallest absolute Gasteiger partial charge is 0.358 e. The molecule has 254 valence electrons. The molecule has 13 nitrogen and oxygen atoms in total. The molecule has 0 unspecified atom stereocenters. The number of anilines is 1. The van der Waals surface area contributed by atoms with Gasteiger partial charge < -0.3 is 20.5 Å². The van der Waals surface area contributed by atoms with Gasteiger partial charge in [-0.15, -0.1) is 5.10 Å². The second kappa shape index (κ2) is 15.6. The maximum atomic E-state index is 13.8. The van der Waals surface area contributed by atoms with E-state index in [0.717, 1.165) is 16.1 Å². The first kappa shape index (κ1) is 35.7. The van der Waals surface area contributed by atoms with E-state index in [1.807, 2.05) is 18.2 Å². The second-order valence-corrected chi connectivity index (χ2v) is 13.1. The van der Waals surface area contributed by atoms with E-state index in [0.29, 0.717) is 5.56 Å². The maximum Gasteiger partial charge on any atom is 0.358 e. The molecule has 48 heavy (non-hydrogen) atoms. The first-order valence-corrected chi connectivity index (χ1v) is 16.9. The Labute approximate surface area is 277 Å². The molecule has 0 aliphatic rings. The van der Waals surface area contributed by atoms with Crippen LogP contribution in [0.1, 0.15) is 62.2 Å². The third kappa shape index (κ3) is 9.23. The summed E-state index contributed by atoms with van der Waals surface area (Å²) >= 11 is 0. The molecule has 0 aliphatic heterocycles. The summed E-state index contributed by atoms with van der Waals surface area (Å²) in [5.74, 6) is -2.42. The zero-order valence-corrected chi connectivity index (χ0v) is 27.6. The molecule has 0 saturated carbocycles. The Balaban J connectivity index is 1.65. The summed E-state index contributed by atoms with van der Waals surface area (Å²) in [6, 6.07) is 17.1. The Kier molecular flexibility index (Phi) is 11.6. The van der Waals surface area contributed by atoms with E-state index in [1.54, 1.807) is 26.0 Å². The number of amides is 2. The lowest BCUT2D eigenvalue weighted by atomic mass is 10.00. The van der Waals surface area contributed by atoms with Crippen LogP contribution < -0.4 is 14.9 Å². The van der Waals surface area contributed by atoms with Crippen LogP contribution in [0.2, 0.25) is 0 Å². The average Bonchev–Trinajstić information content (AvgIpc) is 3.52. The molecule has 0 aliphatic carbocycles. The van der Waals surface area contributed by atoms with Gasteiger partial charge in [0.05, 0.1) is 49.5 Å². The highest BCUT2D eigenvalue weighted by Gasteiger charge is 2.27. The summed E-state index contributed by atoms with van der Waals surface area (Å²) in [7, 11) is -2.50. The van der Waals surface area contributed by atoms with Crippen molar-refractivity contribution in [3.05, 3.63) is 113 Å². The molecule has 2 amide bonds. The molecule has 4 aromatic rings. The van der Waals surface area contributed by atoms with Gasteiger partial charge in [0.25, 0.3) is 11.8 Å². The van der Waals surface area contributed by atoms with Gasteiger partial charge in [0.2, 0.25) is 10.0 Å². The minimum atomic E-state index is -3.79. The number of aliphatic hydroxyl groups is 1. The Morgan fingerprint density at radius 2 is 1.62 bits per heavy atom. The summed E-state index contributed by atoms with van der Waals surface area (Å²) < 4.78 is 45.5. The van der Waals surface area contributed by atoms with Gasteiger partial charge in [0.1, 0.15) is 5.82 Å². The molecular weight excluding hydrogens is 643 g/mol. The highest BCUT2D eigenvalue weighted by Crippen LogP contribution is 2.23. The standard InChI is InChI=1S/C33H37FN6O7S/c1-5-47-33(44)29-19-35-38-40(29)20-30(41)28(15-22-9-7-6-8-10-22)37-32(43)25-16-24(17-27(18-25)39(3)48(4,45)46)31(42)36-21(2)23-11-13-26(34)14-12-23/h6-14,16-19,21,28,30,41H,5,15,20H2,1-4H3,(H,36,42)(H,37,43)/t21-,28+,30+/m1/s1. The van der Waals surface area contributed by atoms with Gasteiger partial charge in [-0.3, -0.25) is 13.9 Å². The fourth-order valence-electron chi connectivity index (χ4n) is 4.82. The number of hydrogen-bond acceptors (Lipinski definition) is 9. The number of aliphatic hydroxyl groups excluding tert-OH is 1. The SMILES string of the molecule is CCOC(=O)c1cnnn1C[C@H](O)[C@H](Cc1ccccc1)NC(=O)c1cc(C(=O)N[C@H](C)c2ccc(F)cc2)cc(N(C)S(C)(=O)=O)c1. The van der Waals surface area contributed by atoms with Gasteiger partial charge in [-0.25, -0.2) is 22.3 Å². The van der Waals surface area contributed by atoms with Crippen molar-refractivity contribution in [3.8, 4) is 0 Å². The summed E-state index contributed by atoms with van der Waals surface area (Å²) in [5.41, 5.74) is 1.41. The molecule has 1 heterocycles. The summed E-state index contributed by atoms with van der Waals surface area (Å²) in [6.45, 7) is 3.25. The number of esters is 1. The van der Waals surface area contributed by atoms with Crippen LogP contribution in [0.3, 0.4) is 0 Å². The number of sulfonamides is 1. The third-order valence-electron chi connectivity index (χ3n) is 7.56. The Bertz CT molecular complexity index is 1850. The van der Waals surface area contributed by atoms with E-state index in [1.165, 1.54) is 60.4 Å². The van der Waals surface area contributed by atoms with E-state index >= 15 is 0 Å². The van der Waals surface area contributed by atoms with E-state index in [9.17, 15) is 32.3 Å². The molecule has 1 aromatic heterocycles. The number of carbonyl (C=O) groups is 3. The molecular formula is C33H37FN6O7S. The summed E-state index contributed by atoms with van der Waals surface area (Å²) in [6.07, 6.45) is 1.08. The first-order chi connectivity index (χ1) is 22.8. The van der Waals surface area contributed by atoms with Crippen LogP contribution in [0.25, 0.3) is 0 Å². The average molecular weight is 681 g/mol. The van der Waals surface area contributed by atoms with Crippen LogP contribution in [-0.4, -0.2) is 78.4 Å². The number of aromatic nitrogens is 3. The minimum Gasteiger partial charge on any atom is -0.461 e. The van der Waals surface area contributed by atoms with Crippen molar-refractivity contribution in [1.29, 1.82) is 0 Å². The molecule has 3 atom stereocenters. The van der Waals surface area contributed by atoms with Gasteiger partial charge in [0, 0.05) is 18.2 Å². The van der Waals surface area contributed by atoms with E-state index in [2.05, 4.69) is 20.9 Å². The number of ether oxygens (including phenoxy) is 1. The van der Waals surface area contributed by atoms with Crippen LogP contribution in [0.5, 0.6) is 0 Å². The van der Waals surface area contributed by atoms with E-state index in [4.69, 9.17) is 4.74 Å². The molecule has 0 spiro atoms. The fourth-order valence-corrected chi connectivity index (χ4v) is 5.31. The van der Waals surface area contributed by atoms with Gasteiger partial charge in [-0.2, -0.15) is 0 Å². The largest absolute Gasteiger partial charge is 0.461 e. The number of nitrogens with one attached hydrogen (secondary N) is 2. The van der Waals surface area contributed by atoms with Crippen molar-refractivity contribution in [3.63, 3.8) is 0 Å². The fraction of sp³-hybridized carbons (Fsp3) is 0.303. The van der Waals surface area contributed by atoms with Crippen molar-refractivity contribution >= 4 is 33.5 Å². The number of halogens is 1. The highest BCUT2D eigenvalue weighted by molar-refractivity contribution is 7.92. The summed E-state index contributed by atoms with van der Waals surface area (Å²) in [5, 5.41) is 24.6. The lowest BCUT2D eigenvalue weighted by molar-refractivity contribution is 0.0497. The molecule has 0 bridgehead atoms. The third-order valence-corrected chi connectivity index (χ3v) is 8.77. The number of rotatable bonds is 14. The first-order valence-electron chi connectivity index (χ1n) is 15.0. The van der Waals surface area contributed by atoms with Crippen molar-refractivity contribution in [2.75, 3.05) is 24.2 Å². The van der Waals surface area contributed by atoms with E-state index in [-0.39, 0.29) is 42.1 Å². The maximum absolute atomic E-state index is 13.8. The molecule has 4 rings (SSSR count). The number of hydrogen-bond donors (Lipinski definition) is 3. The van der Waals surface area contributed by atoms with Crippen molar-refractivity contribution in [1.82, 2.24) is 25.6 Å². The molecule has 0 fully saturated rings. The molecule has 0 radical (unpaired) electrons. The second-order valence-electron chi connectivity index (χ2n) is 11.1. The highest BCUT2D eigenvalue weighted by atomic mass is 32.2. The Morgan fingerprint density at radius 1 is 1.00 bits per heavy atom. The minimum absolute atomic E-state index is 0.0102. The topological polar surface area (TPSA) is 173 Å². The predicted octanol–water partition coefficient (Wildman–Crippen LogP) is 2.88. The predicted molar refractivity (Wildman–Crippen MR) is 175 cm³/mol. The van der Waals surface area contributed by atoms with Crippen LogP contribution >= 0.6 is 0 Å². The van der Waals surface area contributed by atoms with Crippen molar-refractivity contribution in [2.24, 2.45) is 0 Å². The molecule has 3 N–H and O–H groups in total. The van der Waals surface area contributed by atoms with Crippen LogP contribution in [0.4, 0.5) is 10.1 Å². The molecule has 3 aromatic carbocycles.